The second-order valence-corrected chi connectivity index (χ2v) is 5.67. The van der Waals surface area contributed by atoms with Gasteiger partial charge in [-0.2, -0.15) is 4.98 Å². The summed E-state index contributed by atoms with van der Waals surface area (Å²) in [6, 6.07) is 0.300. The van der Waals surface area contributed by atoms with Gasteiger partial charge in [0.2, 0.25) is 5.88 Å². The molecule has 0 saturated carbocycles. The van der Waals surface area contributed by atoms with Crippen LogP contribution in [0.3, 0.4) is 0 Å². The van der Waals surface area contributed by atoms with Gasteiger partial charge in [-0.15, -0.1) is 0 Å². The summed E-state index contributed by atoms with van der Waals surface area (Å²) >= 11 is 0. The monoisotopic (exact) mass is 324 g/mol. The molecule has 0 fully saturated rings. The first-order valence-electron chi connectivity index (χ1n) is 7.58. The summed E-state index contributed by atoms with van der Waals surface area (Å²) in [5, 5.41) is 2.75. The van der Waals surface area contributed by atoms with E-state index in [-0.39, 0.29) is 5.91 Å². The molecule has 1 unspecified atom stereocenters. The van der Waals surface area contributed by atoms with Gasteiger partial charge < -0.3 is 19.6 Å². The lowest BCUT2D eigenvalue weighted by Gasteiger charge is -2.22. The van der Waals surface area contributed by atoms with Gasteiger partial charge in [0.25, 0.3) is 5.91 Å². The number of rotatable bonds is 3. The van der Waals surface area contributed by atoms with Gasteiger partial charge in [0.15, 0.2) is 5.82 Å². The summed E-state index contributed by atoms with van der Waals surface area (Å²) in [7, 11) is 1.50. The van der Waals surface area contributed by atoms with Crippen LogP contribution in [-0.4, -0.2) is 37.5 Å². The number of nitrogens with zero attached hydrogens (tertiary/aromatic N) is 4. The Balaban J connectivity index is 1.68. The van der Waals surface area contributed by atoms with Gasteiger partial charge in [0.05, 0.1) is 30.6 Å². The zero-order chi connectivity index (χ0) is 16.7. The minimum absolute atomic E-state index is 0.265. The summed E-state index contributed by atoms with van der Waals surface area (Å²) in [4.78, 5) is 28.4. The predicted octanol–water partition coefficient (Wildman–Crippen LogP) is 2.05. The molecule has 0 bridgehead atoms. The number of aromatic nitrogens is 5. The number of aromatic amines is 1. The molecule has 3 aromatic heterocycles. The molecule has 8 heteroatoms. The third-order valence-corrected chi connectivity index (χ3v) is 4.14. The first-order chi connectivity index (χ1) is 11.7. The van der Waals surface area contributed by atoms with Gasteiger partial charge in [-0.25, -0.2) is 4.98 Å². The Morgan fingerprint density at radius 1 is 1.46 bits per heavy atom. The van der Waals surface area contributed by atoms with Gasteiger partial charge in [-0.1, -0.05) is 0 Å². The lowest BCUT2D eigenvalue weighted by atomic mass is 10.0. The molecule has 8 nitrogen and oxygen atoms in total. The van der Waals surface area contributed by atoms with Gasteiger partial charge in [0.1, 0.15) is 5.82 Å². The lowest BCUT2D eigenvalue weighted by molar-refractivity contribution is 0.102. The summed E-state index contributed by atoms with van der Waals surface area (Å²) in [5.41, 5.74) is 2.39. The highest BCUT2D eigenvalue weighted by molar-refractivity contribution is 6.08. The molecule has 1 atom stereocenters. The number of fused-ring (bicyclic) bond motifs is 3. The summed E-state index contributed by atoms with van der Waals surface area (Å²) < 4.78 is 7.10. The lowest BCUT2D eigenvalue weighted by Crippen LogP contribution is -2.18. The van der Waals surface area contributed by atoms with Crippen molar-refractivity contribution in [2.75, 3.05) is 12.4 Å². The molecule has 1 aliphatic rings. The predicted molar refractivity (Wildman–Crippen MR) is 87.0 cm³/mol. The average molecular weight is 324 g/mol. The molecule has 24 heavy (non-hydrogen) atoms. The van der Waals surface area contributed by atoms with Crippen molar-refractivity contribution in [2.24, 2.45) is 0 Å². The van der Waals surface area contributed by atoms with Crippen LogP contribution in [0.15, 0.2) is 31.0 Å². The third kappa shape index (κ3) is 2.23. The number of carbonyl (C=O) groups is 1. The van der Waals surface area contributed by atoms with Crippen LogP contribution in [0.4, 0.5) is 5.82 Å². The highest BCUT2D eigenvalue weighted by Gasteiger charge is 2.28. The van der Waals surface area contributed by atoms with Crippen molar-refractivity contribution in [3.8, 4) is 17.3 Å². The fourth-order valence-electron chi connectivity index (χ4n) is 3.01. The number of amides is 1. The van der Waals surface area contributed by atoms with Gasteiger partial charge in [0, 0.05) is 36.7 Å². The number of ether oxygens (including phenoxy) is 1. The normalized spacial score (nSPS) is 15.5. The van der Waals surface area contributed by atoms with Crippen LogP contribution in [0.5, 0.6) is 5.88 Å². The van der Waals surface area contributed by atoms with E-state index in [1.807, 2.05) is 6.20 Å². The number of hydrogen-bond acceptors (Lipinski definition) is 5. The van der Waals surface area contributed by atoms with Crippen LogP contribution >= 0.6 is 0 Å². The first-order valence-corrected chi connectivity index (χ1v) is 7.58. The van der Waals surface area contributed by atoms with Gasteiger partial charge >= 0.3 is 0 Å². The Bertz CT molecular complexity index is 913. The highest BCUT2D eigenvalue weighted by atomic mass is 16.5. The molecule has 4 rings (SSSR count). The standard InChI is InChI=1S/C16H16N6O2/c1-9-5-11-14(15-18-3-4-22(9)15)10(6-19-11)16(23)21-12-7-17-8-13(20-12)24-2/h3-4,6-9,19H,5H2,1-2H3,(H,20,21,23). The van der Waals surface area contributed by atoms with E-state index in [4.69, 9.17) is 4.74 Å². The van der Waals surface area contributed by atoms with Crippen molar-refractivity contribution in [1.29, 1.82) is 0 Å². The van der Waals surface area contributed by atoms with Crippen molar-refractivity contribution < 1.29 is 9.53 Å². The number of carbonyl (C=O) groups excluding carboxylic acids is 1. The third-order valence-electron chi connectivity index (χ3n) is 4.14. The van der Waals surface area contributed by atoms with Crippen molar-refractivity contribution in [1.82, 2.24) is 24.5 Å². The van der Waals surface area contributed by atoms with E-state index >= 15 is 0 Å². The number of nitrogens with one attached hydrogen (secondary N) is 2. The zero-order valence-electron chi connectivity index (χ0n) is 13.3. The summed E-state index contributed by atoms with van der Waals surface area (Å²) in [5.74, 6) is 1.21. The van der Waals surface area contributed by atoms with Crippen LogP contribution < -0.4 is 10.1 Å². The Morgan fingerprint density at radius 2 is 2.33 bits per heavy atom. The smallest absolute Gasteiger partial charge is 0.259 e. The maximum atomic E-state index is 12.7. The second kappa shape index (κ2) is 5.48. The number of methoxy groups -OCH3 is 1. The SMILES string of the molecule is COc1cncc(NC(=O)c2c[nH]c3c2-c2nccn2C(C)C3)n1. The topological polar surface area (TPSA) is 97.7 Å². The maximum Gasteiger partial charge on any atom is 0.259 e. The molecular weight excluding hydrogens is 308 g/mol. The van der Waals surface area contributed by atoms with Crippen molar-refractivity contribution in [3.63, 3.8) is 0 Å². The van der Waals surface area contributed by atoms with E-state index in [0.29, 0.717) is 23.3 Å². The molecule has 4 heterocycles. The van der Waals surface area contributed by atoms with Crippen LogP contribution in [-0.2, 0) is 6.42 Å². The van der Waals surface area contributed by atoms with Crippen LogP contribution in [0.2, 0.25) is 0 Å². The Morgan fingerprint density at radius 3 is 3.17 bits per heavy atom. The molecule has 1 amide bonds. The van der Waals surface area contributed by atoms with Crippen molar-refractivity contribution >= 4 is 11.7 Å². The Hall–Kier alpha value is -3.16. The first kappa shape index (κ1) is 14.4. The molecule has 3 aromatic rings. The van der Waals surface area contributed by atoms with Crippen LogP contribution in [0.1, 0.15) is 29.0 Å². The molecule has 0 aliphatic carbocycles. The molecule has 2 N–H and O–H groups in total. The average Bonchev–Trinajstić information content (AvgIpc) is 3.21. The van der Waals surface area contributed by atoms with E-state index in [2.05, 4.69) is 36.7 Å². The fourth-order valence-corrected chi connectivity index (χ4v) is 3.01. The Kier molecular flexibility index (Phi) is 3.30. The number of hydrogen-bond donors (Lipinski definition) is 2. The fraction of sp³-hybridized carbons (Fsp3) is 0.250. The van der Waals surface area contributed by atoms with E-state index in [1.54, 1.807) is 12.4 Å². The second-order valence-electron chi connectivity index (χ2n) is 5.67. The molecule has 1 aliphatic heterocycles. The minimum atomic E-state index is -0.265. The quantitative estimate of drug-likeness (QED) is 0.768. The minimum Gasteiger partial charge on any atom is -0.480 e. The Labute approximate surface area is 137 Å². The number of anilines is 1. The molecular formula is C16H16N6O2. The van der Waals surface area contributed by atoms with Gasteiger partial charge in [-0.05, 0) is 6.92 Å². The summed E-state index contributed by atoms with van der Waals surface area (Å²) in [6.07, 6.45) is 9.18. The van der Waals surface area contributed by atoms with Crippen molar-refractivity contribution in [3.05, 3.63) is 42.2 Å². The molecule has 0 radical (unpaired) electrons. The maximum absolute atomic E-state index is 12.7. The van der Waals surface area contributed by atoms with Crippen LogP contribution in [0.25, 0.3) is 11.4 Å². The van der Waals surface area contributed by atoms with Crippen molar-refractivity contribution in [2.45, 2.75) is 19.4 Å². The van der Waals surface area contributed by atoms with E-state index in [0.717, 1.165) is 23.5 Å². The zero-order valence-corrected chi connectivity index (χ0v) is 13.3. The van der Waals surface area contributed by atoms with E-state index in [9.17, 15) is 4.79 Å². The largest absolute Gasteiger partial charge is 0.480 e. The van der Waals surface area contributed by atoms with E-state index in [1.165, 1.54) is 19.5 Å². The highest BCUT2D eigenvalue weighted by Crippen LogP contribution is 2.35. The number of imidazole rings is 1. The number of H-pyrrole nitrogens is 1. The van der Waals surface area contributed by atoms with Gasteiger partial charge in [-0.3, -0.25) is 9.78 Å². The molecule has 122 valence electrons. The van der Waals surface area contributed by atoms with Crippen LogP contribution in [0, 0.1) is 0 Å². The van der Waals surface area contributed by atoms with E-state index < -0.39 is 0 Å². The molecule has 0 saturated heterocycles. The molecule has 0 aromatic carbocycles. The molecule has 0 spiro atoms. The summed E-state index contributed by atoms with van der Waals surface area (Å²) in [6.45, 7) is 2.13.